The van der Waals surface area contributed by atoms with Gasteiger partial charge >= 0.3 is 0 Å². The smallest absolute Gasteiger partial charge is 0.253 e. The van der Waals surface area contributed by atoms with Crippen LogP contribution in [0.3, 0.4) is 0 Å². The molecule has 0 atom stereocenters. The zero-order chi connectivity index (χ0) is 19.4. The maximum Gasteiger partial charge on any atom is 0.253 e. The van der Waals surface area contributed by atoms with Crippen molar-refractivity contribution in [3.63, 3.8) is 0 Å². The first-order chi connectivity index (χ1) is 12.9. The van der Waals surface area contributed by atoms with E-state index in [0.29, 0.717) is 34.5 Å². The highest BCUT2D eigenvalue weighted by atomic mass is 35.5. The van der Waals surface area contributed by atoms with Crippen molar-refractivity contribution in [2.75, 3.05) is 7.05 Å². The standard InChI is InChI=1S/C20H19Cl2N3O2/c1-24(12-19-18(22)11-23-25(19)2)20(26)15-6-3-5-14(9-15)13-27-17-8-4-7-16(21)10-17/h3-11H,12-13H2,1-2H3. The van der Waals surface area contributed by atoms with Gasteiger partial charge in [0.15, 0.2) is 0 Å². The van der Waals surface area contributed by atoms with Crippen LogP contribution in [0.2, 0.25) is 10.0 Å². The number of benzene rings is 2. The Labute approximate surface area is 168 Å². The lowest BCUT2D eigenvalue weighted by Crippen LogP contribution is -2.27. The van der Waals surface area contributed by atoms with E-state index in [1.54, 1.807) is 48.1 Å². The topological polar surface area (TPSA) is 47.4 Å². The average molecular weight is 404 g/mol. The Morgan fingerprint density at radius 3 is 2.67 bits per heavy atom. The summed E-state index contributed by atoms with van der Waals surface area (Å²) in [7, 11) is 3.54. The molecule has 140 valence electrons. The first kappa shape index (κ1) is 19.3. The third kappa shape index (κ3) is 4.81. The quantitative estimate of drug-likeness (QED) is 0.604. The van der Waals surface area contributed by atoms with Gasteiger partial charge in [0.05, 0.1) is 23.5 Å². The predicted octanol–water partition coefficient (Wildman–Crippen LogP) is 4.58. The highest BCUT2D eigenvalue weighted by Gasteiger charge is 2.16. The van der Waals surface area contributed by atoms with E-state index in [0.717, 1.165) is 11.3 Å². The van der Waals surface area contributed by atoms with Crippen molar-refractivity contribution in [1.82, 2.24) is 14.7 Å². The van der Waals surface area contributed by atoms with Crippen molar-refractivity contribution in [1.29, 1.82) is 0 Å². The number of nitrogens with zero attached hydrogens (tertiary/aromatic N) is 3. The summed E-state index contributed by atoms with van der Waals surface area (Å²) in [5.74, 6) is 0.582. The van der Waals surface area contributed by atoms with Gasteiger partial charge in [-0.1, -0.05) is 41.4 Å². The van der Waals surface area contributed by atoms with Crippen LogP contribution in [0.5, 0.6) is 5.75 Å². The summed E-state index contributed by atoms with van der Waals surface area (Å²) in [4.78, 5) is 14.4. The molecule has 0 fully saturated rings. The molecule has 1 aromatic heterocycles. The number of ether oxygens (including phenoxy) is 1. The molecule has 5 nitrogen and oxygen atoms in total. The molecule has 0 aliphatic heterocycles. The third-order valence-electron chi connectivity index (χ3n) is 4.12. The summed E-state index contributed by atoms with van der Waals surface area (Å²) in [6.07, 6.45) is 1.57. The van der Waals surface area contributed by atoms with Crippen LogP contribution in [-0.2, 0) is 20.2 Å². The zero-order valence-electron chi connectivity index (χ0n) is 15.0. The summed E-state index contributed by atoms with van der Waals surface area (Å²) >= 11 is 12.1. The van der Waals surface area contributed by atoms with E-state index in [1.165, 1.54) is 0 Å². The van der Waals surface area contributed by atoms with E-state index in [9.17, 15) is 4.79 Å². The highest BCUT2D eigenvalue weighted by Crippen LogP contribution is 2.20. The molecule has 0 radical (unpaired) electrons. The van der Waals surface area contributed by atoms with Gasteiger partial charge in [-0.15, -0.1) is 0 Å². The number of hydrogen-bond acceptors (Lipinski definition) is 3. The molecular formula is C20H19Cl2N3O2. The molecule has 1 heterocycles. The molecule has 0 unspecified atom stereocenters. The number of halogens is 2. The Morgan fingerprint density at radius 2 is 1.96 bits per heavy atom. The van der Waals surface area contributed by atoms with Crippen LogP contribution in [0.4, 0.5) is 0 Å². The molecule has 3 aromatic rings. The van der Waals surface area contributed by atoms with E-state index < -0.39 is 0 Å². The molecule has 2 aromatic carbocycles. The number of rotatable bonds is 6. The van der Waals surface area contributed by atoms with Gasteiger partial charge in [0.25, 0.3) is 5.91 Å². The van der Waals surface area contributed by atoms with Crippen LogP contribution in [-0.4, -0.2) is 27.6 Å². The third-order valence-corrected chi connectivity index (χ3v) is 4.67. The highest BCUT2D eigenvalue weighted by molar-refractivity contribution is 6.31. The lowest BCUT2D eigenvalue weighted by Gasteiger charge is -2.18. The number of aromatic nitrogens is 2. The van der Waals surface area contributed by atoms with Crippen LogP contribution in [0.25, 0.3) is 0 Å². The summed E-state index contributed by atoms with van der Waals surface area (Å²) < 4.78 is 7.41. The Hall–Kier alpha value is -2.50. The average Bonchev–Trinajstić information content (AvgIpc) is 2.98. The molecule has 1 amide bonds. The molecule has 0 spiro atoms. The monoisotopic (exact) mass is 403 g/mol. The molecule has 0 N–H and O–H groups in total. The predicted molar refractivity (Wildman–Crippen MR) is 106 cm³/mol. The van der Waals surface area contributed by atoms with Gasteiger partial charge in [-0.3, -0.25) is 9.48 Å². The minimum atomic E-state index is -0.100. The van der Waals surface area contributed by atoms with Crippen molar-refractivity contribution in [3.05, 3.63) is 81.6 Å². The minimum absolute atomic E-state index is 0.100. The number of amides is 1. The number of hydrogen-bond donors (Lipinski definition) is 0. The van der Waals surface area contributed by atoms with Crippen molar-refractivity contribution >= 4 is 29.1 Å². The molecule has 27 heavy (non-hydrogen) atoms. The SMILES string of the molecule is CN(Cc1c(Cl)cnn1C)C(=O)c1cccc(COc2cccc(Cl)c2)c1. The van der Waals surface area contributed by atoms with Crippen LogP contribution in [0.15, 0.2) is 54.7 Å². The van der Waals surface area contributed by atoms with E-state index in [2.05, 4.69) is 5.10 Å². The van der Waals surface area contributed by atoms with Gasteiger partial charge in [0.2, 0.25) is 0 Å². The number of carbonyl (C=O) groups excluding carboxylic acids is 1. The Bertz CT molecular complexity index is 936. The van der Waals surface area contributed by atoms with Crippen LogP contribution < -0.4 is 4.74 Å². The molecule has 0 aliphatic rings. The summed E-state index contributed by atoms with van der Waals surface area (Å²) in [6.45, 7) is 0.718. The molecule has 0 bridgehead atoms. The van der Waals surface area contributed by atoms with Crippen molar-refractivity contribution in [3.8, 4) is 5.75 Å². The Kier molecular flexibility index (Phi) is 6.04. The zero-order valence-corrected chi connectivity index (χ0v) is 16.5. The van der Waals surface area contributed by atoms with Crippen LogP contribution >= 0.6 is 23.2 Å². The first-order valence-corrected chi connectivity index (χ1v) is 9.09. The van der Waals surface area contributed by atoms with Gasteiger partial charge in [-0.25, -0.2) is 0 Å². The maximum atomic E-state index is 12.8. The van der Waals surface area contributed by atoms with Gasteiger partial charge < -0.3 is 9.64 Å². The van der Waals surface area contributed by atoms with Crippen LogP contribution in [0.1, 0.15) is 21.6 Å². The van der Waals surface area contributed by atoms with E-state index in [-0.39, 0.29) is 5.91 Å². The molecular weight excluding hydrogens is 385 g/mol. The minimum Gasteiger partial charge on any atom is -0.489 e. The lowest BCUT2D eigenvalue weighted by atomic mass is 10.1. The normalized spacial score (nSPS) is 10.7. The molecule has 0 aliphatic carbocycles. The largest absolute Gasteiger partial charge is 0.489 e. The van der Waals surface area contributed by atoms with Gasteiger partial charge in [0, 0.05) is 24.7 Å². The van der Waals surface area contributed by atoms with E-state index in [4.69, 9.17) is 27.9 Å². The number of carbonyl (C=O) groups is 1. The second-order valence-corrected chi connectivity index (χ2v) is 7.01. The Morgan fingerprint density at radius 1 is 1.19 bits per heavy atom. The lowest BCUT2D eigenvalue weighted by molar-refractivity contribution is 0.0782. The fourth-order valence-electron chi connectivity index (χ4n) is 2.65. The summed E-state index contributed by atoms with van der Waals surface area (Å²) in [5.41, 5.74) is 2.27. The Balaban J connectivity index is 1.67. The van der Waals surface area contributed by atoms with Crippen LogP contribution in [0, 0.1) is 0 Å². The number of aryl methyl sites for hydroxylation is 1. The van der Waals surface area contributed by atoms with E-state index in [1.807, 2.05) is 30.3 Å². The van der Waals surface area contributed by atoms with Gasteiger partial charge in [-0.2, -0.15) is 5.10 Å². The van der Waals surface area contributed by atoms with Gasteiger partial charge in [-0.05, 0) is 35.9 Å². The maximum absolute atomic E-state index is 12.8. The second kappa shape index (κ2) is 8.46. The summed E-state index contributed by atoms with van der Waals surface area (Å²) in [5, 5.41) is 5.26. The molecule has 0 saturated heterocycles. The summed E-state index contributed by atoms with van der Waals surface area (Å²) in [6, 6.07) is 14.6. The molecule has 3 rings (SSSR count). The van der Waals surface area contributed by atoms with Gasteiger partial charge in [0.1, 0.15) is 12.4 Å². The first-order valence-electron chi connectivity index (χ1n) is 8.33. The second-order valence-electron chi connectivity index (χ2n) is 6.17. The van der Waals surface area contributed by atoms with Crippen molar-refractivity contribution in [2.24, 2.45) is 7.05 Å². The van der Waals surface area contributed by atoms with Crippen molar-refractivity contribution in [2.45, 2.75) is 13.2 Å². The fourth-order valence-corrected chi connectivity index (χ4v) is 3.05. The molecule has 0 saturated carbocycles. The van der Waals surface area contributed by atoms with E-state index >= 15 is 0 Å². The van der Waals surface area contributed by atoms with Crippen molar-refractivity contribution < 1.29 is 9.53 Å². The molecule has 7 heteroatoms. The fraction of sp³-hybridized carbons (Fsp3) is 0.200.